The highest BCUT2D eigenvalue weighted by molar-refractivity contribution is 7.98. The molecule has 6 aromatic rings. The van der Waals surface area contributed by atoms with Gasteiger partial charge < -0.3 is 78.3 Å². The Morgan fingerprint density at radius 2 is 1.28 bits per heavy atom. The Morgan fingerprint density at radius 1 is 0.673 bits per heavy atom. The Morgan fingerprint density at radius 3 is 1.93 bits per heavy atom. The summed E-state index contributed by atoms with van der Waals surface area (Å²) in [4.78, 5) is 156. The highest BCUT2D eigenvalue weighted by atomic mass is 32.2. The summed E-state index contributed by atoms with van der Waals surface area (Å²) in [6.07, 6.45) is 8.86. The molecule has 11 atom stereocenters. The van der Waals surface area contributed by atoms with Crippen LogP contribution in [-0.2, 0) is 78.7 Å². The van der Waals surface area contributed by atoms with Gasteiger partial charge in [-0.05, 0) is 167 Å². The van der Waals surface area contributed by atoms with E-state index in [0.717, 1.165) is 11.1 Å². The van der Waals surface area contributed by atoms with Crippen LogP contribution >= 0.6 is 23.5 Å². The number of ether oxygens (including phenoxy) is 1. The molecule has 1 saturated carbocycles. The number of carbonyl (C=O) groups is 10. The van der Waals surface area contributed by atoms with Gasteiger partial charge in [-0.25, -0.2) is 8.78 Å². The summed E-state index contributed by atoms with van der Waals surface area (Å²) in [5.41, 5.74) is 14.6. The number of hydrogen-bond donors (Lipinski definition) is 12. The average molecular weight is 1470 g/mol. The molecule has 25 nitrogen and oxygen atoms in total. The zero-order valence-corrected chi connectivity index (χ0v) is 60.2. The summed E-state index contributed by atoms with van der Waals surface area (Å²) in [5.74, 6) is -6.46. The largest absolute Gasteiger partial charge is 0.497 e. The van der Waals surface area contributed by atoms with Crippen molar-refractivity contribution < 1.29 is 66.6 Å². The second kappa shape index (κ2) is 35.9. The lowest BCUT2D eigenvalue weighted by Crippen LogP contribution is -2.63. The fourth-order valence-corrected chi connectivity index (χ4v) is 15.9. The molecule has 14 N–H and O–H groups in total. The van der Waals surface area contributed by atoms with Gasteiger partial charge in [-0.1, -0.05) is 48.6 Å². The van der Waals surface area contributed by atoms with E-state index in [0.29, 0.717) is 107 Å². The number of thioether (sulfide) groups is 2. The number of allylic oxidation sites excluding steroid dienone is 1. The Hall–Kier alpha value is -9.32. The highest BCUT2D eigenvalue weighted by Crippen LogP contribution is 2.48. The van der Waals surface area contributed by atoms with Crippen molar-refractivity contribution in [1.29, 1.82) is 0 Å². The van der Waals surface area contributed by atoms with Crippen LogP contribution in [0.1, 0.15) is 112 Å². The van der Waals surface area contributed by atoms with Gasteiger partial charge in [-0.2, -0.15) is 23.5 Å². The third-order valence-corrected chi connectivity index (χ3v) is 22.0. The number of unbranched alkanes of at least 4 members (excludes halogenated alkanes) is 2. The van der Waals surface area contributed by atoms with Crippen molar-refractivity contribution in [3.63, 3.8) is 0 Å². The van der Waals surface area contributed by atoms with Crippen LogP contribution in [-0.4, -0.2) is 182 Å². The van der Waals surface area contributed by atoms with Gasteiger partial charge in [0.05, 0.1) is 13.7 Å². The number of amides is 10. The minimum atomic E-state index is -1.54. The number of hydrogen-bond acceptors (Lipinski definition) is 15. The van der Waals surface area contributed by atoms with Crippen LogP contribution < -0.4 is 53.4 Å². The van der Waals surface area contributed by atoms with Crippen LogP contribution in [0.5, 0.6) is 5.75 Å². The third-order valence-electron chi connectivity index (χ3n) is 19.9. The van der Waals surface area contributed by atoms with E-state index in [9.17, 15) is 29.1 Å². The van der Waals surface area contributed by atoms with Crippen molar-refractivity contribution in [3.8, 4) is 5.75 Å². The summed E-state index contributed by atoms with van der Waals surface area (Å²) in [6, 6.07) is 11.7. The molecule has 10 amide bonds. The number of methoxy groups -OCH3 is 1. The van der Waals surface area contributed by atoms with Crippen LogP contribution in [0.3, 0.4) is 0 Å². The van der Waals surface area contributed by atoms with E-state index in [1.54, 1.807) is 49.7 Å². The number of aliphatic hydroxyl groups is 1. The molecule has 3 fully saturated rings. The number of carbonyl (C=O) groups excluding carboxylic acids is 10. The number of H-pyrrole nitrogens is 2. The molecule has 2 aromatic heterocycles. The van der Waals surface area contributed by atoms with Crippen LogP contribution in [0, 0.1) is 17.6 Å². The second-order valence-electron chi connectivity index (χ2n) is 27.4. The van der Waals surface area contributed by atoms with Crippen molar-refractivity contribution in [2.45, 2.75) is 175 Å². The van der Waals surface area contributed by atoms with Gasteiger partial charge in [0, 0.05) is 95.5 Å². The summed E-state index contributed by atoms with van der Waals surface area (Å²) in [6.45, 7) is 3.19. The number of piperidine rings is 1. The predicted molar refractivity (Wildman–Crippen MR) is 392 cm³/mol. The fraction of sp³-hybridized carbons (Fsp3) is 0.467. The number of aliphatic hydroxyl groups excluding tert-OH is 1. The molecule has 1 unspecified atom stereocenters. The molecule has 5 heterocycles. The molecule has 4 aliphatic rings. The number of fused-ring (bicyclic) bond motifs is 8. The molecule has 29 heteroatoms. The Bertz CT molecular complexity index is 4140. The Kier molecular flexibility index (Phi) is 26.7. The molecule has 104 heavy (non-hydrogen) atoms. The number of nitrogens with zero attached hydrogens (tertiary/aromatic N) is 2. The molecule has 1 aliphatic carbocycles. The van der Waals surface area contributed by atoms with Gasteiger partial charge in [0.1, 0.15) is 71.3 Å². The molecule has 2 bridgehead atoms. The number of nitrogens with two attached hydrogens (primary N) is 2. The predicted octanol–water partition coefficient (Wildman–Crippen LogP) is 4.65. The second-order valence-corrected chi connectivity index (χ2v) is 29.6. The molecule has 2 saturated heterocycles. The standard InChI is InChI=1S/C75H93F2N13O12S2/c1-43-67(94)85-59(32-48-38-80-55-22-18-50(76)36-53(48)55)70(97)87-61(33-49-39-81-56-23-19-51(77)37-54(49)56)73(100)90-63-34-47(63)35-64(90)71(98)84-58(14-6-4-5-9-28-91)69(96)86-60(31-44-16-20-52(102-3)21-17-44)72(99)89-27-11-25-75(89,2)74(101)88-62(66(79)93)42-104-41-46-13-10-12-45(30-46)40-103-29-24-65(92)83-57(68(95)82-43)15-7-8-26-78/h5,9-10,12-13,16-23,30,36-39,43,47,57-64,80-81,91H,4,6-8,11,14-15,24-29,31-35,40-42,78H2,1-3H3,(H2,79,93)(H,82,95)(H,83,92)(H,84,98)(H,85,94)(H,86,96)(H,87,97)(H,88,101)/b9-5-/t43-,47+,57+,58+,59+,60+,61+,62+,63?,64+,75+/m1/s1. The number of halogens is 2. The third kappa shape index (κ3) is 19.7. The molecule has 3 aliphatic heterocycles. The lowest BCUT2D eigenvalue weighted by Gasteiger charge is -2.37. The van der Waals surface area contributed by atoms with E-state index in [1.807, 2.05) is 24.3 Å². The van der Waals surface area contributed by atoms with Crippen LogP contribution in [0.4, 0.5) is 8.78 Å². The van der Waals surface area contributed by atoms with Crippen molar-refractivity contribution >= 4 is 104 Å². The van der Waals surface area contributed by atoms with Crippen molar-refractivity contribution in [2.24, 2.45) is 17.4 Å². The average Bonchev–Trinajstić information content (AvgIpc) is 1.57. The fourth-order valence-electron chi connectivity index (χ4n) is 14.0. The molecule has 10 rings (SSSR count). The first-order valence-electron chi connectivity index (χ1n) is 35.4. The SMILES string of the molecule is COc1ccc(C[C@@H]2NC(=O)[C@H](CCC/C=C\CO)NC(=O)[C@@H]3C[C@@H]4CC4N3C(=O)[C@H](Cc3c[nH]c4ccc(F)cc34)NC(=O)[C@H](Cc3c[nH]c4ccc(F)cc34)NC(=O)[C@@H](C)NC(=O)[C@H](CCCCN)NC(=O)CCSCc3cccc(c3)CSC[C@@H](C(N)=O)NC(=O)[C@]3(C)CCCN3C2=O)cc1. The van der Waals surface area contributed by atoms with Crippen LogP contribution in [0.15, 0.2) is 109 Å². The lowest BCUT2D eigenvalue weighted by molar-refractivity contribution is -0.147. The molecular weight excluding hydrogens is 1380 g/mol. The topological polar surface area (TPSA) is 374 Å². The minimum absolute atomic E-state index is 0.00535. The first kappa shape index (κ1) is 77.3. The van der Waals surface area contributed by atoms with E-state index in [2.05, 4.69) is 47.2 Å². The lowest BCUT2D eigenvalue weighted by atomic mass is 9.95. The number of benzene rings is 4. The maximum Gasteiger partial charge on any atom is 0.246 e. The summed E-state index contributed by atoms with van der Waals surface area (Å²) < 4.78 is 35.6. The van der Waals surface area contributed by atoms with Gasteiger partial charge >= 0.3 is 0 Å². The van der Waals surface area contributed by atoms with Gasteiger partial charge in [-0.3, -0.25) is 47.9 Å². The number of aromatic amines is 2. The monoisotopic (exact) mass is 1470 g/mol. The Balaban J connectivity index is 0.994. The van der Waals surface area contributed by atoms with Crippen LogP contribution in [0.25, 0.3) is 21.8 Å². The van der Waals surface area contributed by atoms with E-state index in [-0.39, 0.29) is 76.2 Å². The Labute approximate surface area is 610 Å². The van der Waals surface area contributed by atoms with E-state index < -0.39 is 131 Å². The first-order valence-corrected chi connectivity index (χ1v) is 37.7. The molecular formula is C75H93F2N13O12S2. The maximum absolute atomic E-state index is 15.8. The highest BCUT2D eigenvalue weighted by Gasteiger charge is 2.57. The van der Waals surface area contributed by atoms with Crippen LogP contribution in [0.2, 0.25) is 0 Å². The van der Waals surface area contributed by atoms with Gasteiger partial charge in [0.15, 0.2) is 0 Å². The molecule has 4 aromatic carbocycles. The summed E-state index contributed by atoms with van der Waals surface area (Å²) >= 11 is 2.86. The van der Waals surface area contributed by atoms with Gasteiger partial charge in [0.25, 0.3) is 0 Å². The van der Waals surface area contributed by atoms with Crippen molar-refractivity contribution in [1.82, 2.24) is 57.0 Å². The number of primary amides is 1. The summed E-state index contributed by atoms with van der Waals surface area (Å²) in [5, 5.41) is 30.3. The zero-order chi connectivity index (χ0) is 74.2. The maximum atomic E-state index is 15.8. The van der Waals surface area contributed by atoms with Crippen molar-refractivity contribution in [2.75, 3.05) is 38.3 Å². The van der Waals surface area contributed by atoms with E-state index >= 15 is 32.8 Å². The first-order chi connectivity index (χ1) is 50.0. The van der Waals surface area contributed by atoms with Gasteiger partial charge in [-0.15, -0.1) is 0 Å². The molecule has 0 radical (unpaired) electrons. The smallest absolute Gasteiger partial charge is 0.246 e. The molecule has 0 spiro atoms. The van der Waals surface area contributed by atoms with Gasteiger partial charge in [0.2, 0.25) is 59.1 Å². The summed E-state index contributed by atoms with van der Waals surface area (Å²) in [7, 11) is 1.50. The number of nitrogens with one attached hydrogen (secondary N) is 9. The molecule has 556 valence electrons. The van der Waals surface area contributed by atoms with E-state index in [4.69, 9.17) is 16.2 Å². The number of rotatable bonds is 17. The number of aromatic nitrogens is 2. The zero-order valence-electron chi connectivity index (χ0n) is 58.6. The normalized spacial score (nSPS) is 25.6. The van der Waals surface area contributed by atoms with E-state index in [1.165, 1.54) is 89.8 Å². The minimum Gasteiger partial charge on any atom is -0.497 e. The quantitative estimate of drug-likeness (QED) is 0.0437. The van der Waals surface area contributed by atoms with Crippen molar-refractivity contribution in [3.05, 3.63) is 149 Å².